The summed E-state index contributed by atoms with van der Waals surface area (Å²) in [5, 5.41) is 7.32. The molecule has 0 spiro atoms. The number of nitrogens with zero attached hydrogens (tertiary/aromatic N) is 2. The minimum absolute atomic E-state index is 0.00112. The molecule has 0 bridgehead atoms. The summed E-state index contributed by atoms with van der Waals surface area (Å²) in [6.07, 6.45) is 0. The zero-order valence-electron chi connectivity index (χ0n) is 16.4. The maximum atomic E-state index is 12.4. The Morgan fingerprint density at radius 2 is 1.81 bits per heavy atom. The number of carbonyl (C=O) groups excluding carboxylic acids is 2. The van der Waals surface area contributed by atoms with Gasteiger partial charge in [-0.15, -0.1) is 0 Å². The van der Waals surface area contributed by atoms with Crippen molar-refractivity contribution in [2.75, 3.05) is 6.61 Å². The lowest BCUT2D eigenvalue weighted by molar-refractivity contribution is -0.125. The number of rotatable bonds is 7. The molecule has 1 heterocycles. The van der Waals surface area contributed by atoms with E-state index in [0.717, 1.165) is 11.1 Å². The van der Waals surface area contributed by atoms with Crippen LogP contribution >= 0.6 is 11.6 Å². The first-order valence-electron chi connectivity index (χ1n) is 8.94. The number of carbonyl (C=O) groups is 2. The molecule has 1 N–H and O–H groups in total. The van der Waals surface area contributed by atoms with Crippen LogP contribution in [0.25, 0.3) is 0 Å². The largest absolute Gasteiger partial charge is 0.452 e. The highest BCUT2D eigenvalue weighted by Crippen LogP contribution is 2.22. The molecule has 0 aliphatic carbocycles. The lowest BCUT2D eigenvalue weighted by Gasteiger charge is -2.17. The first kappa shape index (κ1) is 21.0. The van der Waals surface area contributed by atoms with Crippen molar-refractivity contribution in [3.8, 4) is 0 Å². The summed E-state index contributed by atoms with van der Waals surface area (Å²) in [5.41, 5.74) is 2.84. The van der Waals surface area contributed by atoms with Crippen LogP contribution in [0.4, 0.5) is 0 Å². The Balaban J connectivity index is 2.03. The molecule has 0 aliphatic heterocycles. The lowest BCUT2D eigenvalue weighted by Crippen LogP contribution is -2.38. The zero-order chi connectivity index (χ0) is 20.1. The van der Waals surface area contributed by atoms with Gasteiger partial charge < -0.3 is 10.1 Å². The number of amides is 1. The topological polar surface area (TPSA) is 73.2 Å². The third-order valence-corrected chi connectivity index (χ3v) is 4.83. The fraction of sp³-hybridized carbons (Fsp3) is 0.450. The highest BCUT2D eigenvalue weighted by Gasteiger charge is 2.23. The molecule has 1 amide bonds. The minimum Gasteiger partial charge on any atom is -0.452 e. The quantitative estimate of drug-likeness (QED) is 0.733. The highest BCUT2D eigenvalue weighted by atomic mass is 35.5. The van der Waals surface area contributed by atoms with Crippen molar-refractivity contribution in [3.63, 3.8) is 0 Å². The van der Waals surface area contributed by atoms with Crippen molar-refractivity contribution in [2.45, 2.75) is 47.2 Å². The van der Waals surface area contributed by atoms with E-state index in [4.69, 9.17) is 16.3 Å². The fourth-order valence-corrected chi connectivity index (χ4v) is 2.73. The normalized spacial score (nSPS) is 12.1. The SMILES string of the molecule is Cc1ccc(Cn2nc(C)c(C(=O)OCC(=O)N[C@@H](C)C(C)C)c2Cl)cc1. The average Bonchev–Trinajstić information content (AvgIpc) is 2.88. The molecule has 0 fully saturated rings. The fourth-order valence-electron chi connectivity index (χ4n) is 2.42. The molecule has 1 aromatic carbocycles. The van der Waals surface area contributed by atoms with Crippen LogP contribution in [-0.4, -0.2) is 34.3 Å². The van der Waals surface area contributed by atoms with Crippen LogP contribution in [0.15, 0.2) is 24.3 Å². The molecule has 2 aromatic rings. The van der Waals surface area contributed by atoms with Crippen LogP contribution in [-0.2, 0) is 16.1 Å². The van der Waals surface area contributed by atoms with Crippen LogP contribution < -0.4 is 5.32 Å². The van der Waals surface area contributed by atoms with Crippen LogP contribution in [0.5, 0.6) is 0 Å². The van der Waals surface area contributed by atoms with Gasteiger partial charge in [0.05, 0.1) is 12.2 Å². The average molecular weight is 392 g/mol. The molecule has 7 heteroatoms. The van der Waals surface area contributed by atoms with Crippen LogP contribution in [0, 0.1) is 19.8 Å². The molecule has 1 atom stereocenters. The number of ether oxygens (including phenoxy) is 1. The molecule has 0 unspecified atom stereocenters. The number of aromatic nitrogens is 2. The molecule has 0 saturated carbocycles. The second-order valence-corrected chi connectivity index (χ2v) is 7.43. The van der Waals surface area contributed by atoms with E-state index >= 15 is 0 Å². The molecule has 1 aromatic heterocycles. The zero-order valence-corrected chi connectivity index (χ0v) is 17.1. The number of hydrogen-bond donors (Lipinski definition) is 1. The summed E-state index contributed by atoms with van der Waals surface area (Å²) < 4.78 is 6.68. The van der Waals surface area contributed by atoms with Gasteiger partial charge in [-0.3, -0.25) is 4.79 Å². The van der Waals surface area contributed by atoms with Crippen molar-refractivity contribution in [1.82, 2.24) is 15.1 Å². The Kier molecular flexibility index (Phi) is 7.02. The van der Waals surface area contributed by atoms with Crippen molar-refractivity contribution < 1.29 is 14.3 Å². The first-order valence-corrected chi connectivity index (χ1v) is 9.31. The molecule has 27 heavy (non-hydrogen) atoms. The summed E-state index contributed by atoms with van der Waals surface area (Å²) in [4.78, 5) is 24.3. The molecule has 6 nitrogen and oxygen atoms in total. The first-order chi connectivity index (χ1) is 12.7. The van der Waals surface area contributed by atoms with E-state index in [9.17, 15) is 9.59 Å². The van der Waals surface area contributed by atoms with Gasteiger partial charge in [-0.2, -0.15) is 5.10 Å². The van der Waals surface area contributed by atoms with E-state index < -0.39 is 5.97 Å². The Morgan fingerprint density at radius 3 is 2.41 bits per heavy atom. The van der Waals surface area contributed by atoms with Crippen molar-refractivity contribution >= 4 is 23.5 Å². The highest BCUT2D eigenvalue weighted by molar-refractivity contribution is 6.32. The molecule has 146 valence electrons. The number of hydrogen-bond acceptors (Lipinski definition) is 4. The lowest BCUT2D eigenvalue weighted by atomic mass is 10.1. The van der Waals surface area contributed by atoms with Gasteiger partial charge in [-0.25, -0.2) is 9.48 Å². The van der Waals surface area contributed by atoms with Gasteiger partial charge in [0, 0.05) is 6.04 Å². The molecule has 0 saturated heterocycles. The maximum Gasteiger partial charge on any atom is 0.343 e. The summed E-state index contributed by atoms with van der Waals surface area (Å²) in [6, 6.07) is 7.98. The minimum atomic E-state index is -0.653. The van der Waals surface area contributed by atoms with Gasteiger partial charge in [-0.05, 0) is 32.3 Å². The molecule has 0 radical (unpaired) electrons. The molecular formula is C20H26ClN3O3. The third kappa shape index (κ3) is 5.57. The van der Waals surface area contributed by atoms with Gasteiger partial charge in [0.2, 0.25) is 0 Å². The Labute approximate surface area is 164 Å². The predicted octanol–water partition coefficient (Wildman–Crippen LogP) is 3.52. The van der Waals surface area contributed by atoms with E-state index in [-0.39, 0.29) is 29.3 Å². The summed E-state index contributed by atoms with van der Waals surface area (Å²) >= 11 is 6.35. The van der Waals surface area contributed by atoms with Crippen molar-refractivity contribution in [1.29, 1.82) is 0 Å². The summed E-state index contributed by atoms with van der Waals surface area (Å²) in [6.45, 7) is 9.70. The third-order valence-electron chi connectivity index (χ3n) is 4.45. The second kappa shape index (κ2) is 9.04. The number of esters is 1. The van der Waals surface area contributed by atoms with Crippen LogP contribution in [0.3, 0.4) is 0 Å². The van der Waals surface area contributed by atoms with Crippen molar-refractivity contribution in [3.05, 3.63) is 51.8 Å². The molecule has 0 aliphatic rings. The monoisotopic (exact) mass is 391 g/mol. The maximum absolute atomic E-state index is 12.4. The summed E-state index contributed by atoms with van der Waals surface area (Å²) in [7, 11) is 0. The number of nitrogens with one attached hydrogen (secondary N) is 1. The smallest absolute Gasteiger partial charge is 0.343 e. The van der Waals surface area contributed by atoms with Gasteiger partial charge >= 0.3 is 5.97 Å². The van der Waals surface area contributed by atoms with Crippen LogP contribution in [0.2, 0.25) is 5.15 Å². The Hall–Kier alpha value is -2.34. The van der Waals surface area contributed by atoms with E-state index in [1.807, 2.05) is 52.0 Å². The van der Waals surface area contributed by atoms with E-state index in [2.05, 4.69) is 10.4 Å². The standard InChI is InChI=1S/C20H26ClN3O3/c1-12(2)14(4)22-17(25)11-27-20(26)18-15(5)23-24(19(18)21)10-16-8-6-13(3)7-9-16/h6-9,12,14H,10-11H2,1-5H3,(H,22,25)/t14-/m0/s1. The Bertz CT molecular complexity index is 813. The van der Waals surface area contributed by atoms with E-state index in [1.54, 1.807) is 11.6 Å². The van der Waals surface area contributed by atoms with Gasteiger partial charge in [0.1, 0.15) is 10.7 Å². The van der Waals surface area contributed by atoms with Crippen LogP contribution in [0.1, 0.15) is 48.0 Å². The van der Waals surface area contributed by atoms with E-state index in [0.29, 0.717) is 18.2 Å². The molecular weight excluding hydrogens is 366 g/mol. The summed E-state index contributed by atoms with van der Waals surface area (Å²) in [5.74, 6) is -0.702. The van der Waals surface area contributed by atoms with Crippen molar-refractivity contribution in [2.24, 2.45) is 5.92 Å². The van der Waals surface area contributed by atoms with Gasteiger partial charge in [0.25, 0.3) is 5.91 Å². The Morgan fingerprint density at radius 1 is 1.19 bits per heavy atom. The number of aryl methyl sites for hydroxylation is 2. The number of benzene rings is 1. The van der Waals surface area contributed by atoms with Gasteiger partial charge in [-0.1, -0.05) is 55.3 Å². The van der Waals surface area contributed by atoms with E-state index in [1.165, 1.54) is 0 Å². The predicted molar refractivity (Wildman–Crippen MR) is 105 cm³/mol. The van der Waals surface area contributed by atoms with Gasteiger partial charge in [0.15, 0.2) is 6.61 Å². The molecule has 2 rings (SSSR count). The number of halogens is 1. The second-order valence-electron chi connectivity index (χ2n) is 7.07.